The van der Waals surface area contributed by atoms with Gasteiger partial charge in [-0.15, -0.1) is 0 Å². The van der Waals surface area contributed by atoms with Crippen LogP contribution in [0.1, 0.15) is 6.92 Å². The standard InChI is InChI=1S/C14H19N5O4S/c1-3-19(10-11-23-24(20,21)22)13-6-4-12(5-7-13)16-17-14-15-8-9-18(14)2/h4-9H,3,10-11H2,1-2H3,(H,20,21,22)/p+1. The minimum atomic E-state index is -4.41. The van der Waals surface area contributed by atoms with Gasteiger partial charge in [-0.2, -0.15) is 8.42 Å². The first kappa shape index (κ1) is 18.0. The fraction of sp³-hybridized carbons (Fsp3) is 0.357. The Kier molecular flexibility index (Phi) is 6.01. The first-order valence-electron chi connectivity index (χ1n) is 7.30. The van der Waals surface area contributed by atoms with Crippen molar-refractivity contribution in [3.63, 3.8) is 0 Å². The van der Waals surface area contributed by atoms with Gasteiger partial charge >= 0.3 is 16.3 Å². The molecule has 0 bridgehead atoms. The molecule has 0 aliphatic carbocycles. The van der Waals surface area contributed by atoms with Crippen molar-refractivity contribution in [1.82, 2.24) is 4.98 Å². The number of nitrogens with one attached hydrogen (secondary N) is 1. The molecule has 0 amide bonds. The molecule has 0 saturated heterocycles. The maximum absolute atomic E-state index is 10.6. The van der Waals surface area contributed by atoms with Crippen molar-refractivity contribution in [3.8, 4) is 0 Å². The van der Waals surface area contributed by atoms with Gasteiger partial charge < -0.3 is 4.90 Å². The minimum Gasteiger partial charge on any atom is -0.369 e. The van der Waals surface area contributed by atoms with Crippen molar-refractivity contribution in [1.29, 1.82) is 0 Å². The normalized spacial score (nSPS) is 12.0. The molecule has 0 fully saturated rings. The van der Waals surface area contributed by atoms with E-state index in [1.54, 1.807) is 6.20 Å². The summed E-state index contributed by atoms with van der Waals surface area (Å²) in [6.07, 6.45) is 3.61. The predicted molar refractivity (Wildman–Crippen MR) is 88.0 cm³/mol. The Hall–Kier alpha value is -2.30. The SMILES string of the molecule is CCN(CCOS(=O)(=O)O)c1ccc(N=Nc2[nH]cc[n+]2C)cc1. The van der Waals surface area contributed by atoms with E-state index in [1.807, 2.05) is 53.9 Å². The van der Waals surface area contributed by atoms with Gasteiger partial charge in [-0.3, -0.25) is 4.55 Å². The van der Waals surface area contributed by atoms with Gasteiger partial charge in [-0.1, -0.05) is 5.11 Å². The number of anilines is 1. The Morgan fingerprint density at radius 3 is 2.54 bits per heavy atom. The molecule has 0 aliphatic rings. The van der Waals surface area contributed by atoms with Crippen LogP contribution in [0.5, 0.6) is 0 Å². The zero-order valence-electron chi connectivity index (χ0n) is 13.5. The quantitative estimate of drug-likeness (QED) is 0.427. The van der Waals surface area contributed by atoms with Crippen LogP contribution < -0.4 is 9.47 Å². The molecule has 130 valence electrons. The number of aryl methyl sites for hydroxylation is 1. The zero-order valence-corrected chi connectivity index (χ0v) is 14.3. The number of imidazole rings is 1. The van der Waals surface area contributed by atoms with Gasteiger partial charge in [0.15, 0.2) is 0 Å². The smallest absolute Gasteiger partial charge is 0.369 e. The van der Waals surface area contributed by atoms with Crippen molar-refractivity contribution < 1.29 is 21.7 Å². The van der Waals surface area contributed by atoms with Crippen LogP contribution >= 0.6 is 0 Å². The number of hydrogen-bond donors (Lipinski definition) is 2. The highest BCUT2D eigenvalue weighted by molar-refractivity contribution is 7.80. The zero-order chi connectivity index (χ0) is 17.6. The highest BCUT2D eigenvalue weighted by Gasteiger charge is 2.09. The van der Waals surface area contributed by atoms with E-state index in [2.05, 4.69) is 19.4 Å². The number of aromatic amines is 1. The molecule has 2 N–H and O–H groups in total. The Morgan fingerprint density at radius 2 is 2.00 bits per heavy atom. The highest BCUT2D eigenvalue weighted by Crippen LogP contribution is 2.21. The molecule has 2 rings (SSSR count). The first-order chi connectivity index (χ1) is 11.4. The summed E-state index contributed by atoms with van der Waals surface area (Å²) in [7, 11) is -2.55. The molecular formula is C14H20N5O4S+. The lowest BCUT2D eigenvalue weighted by Crippen LogP contribution is -2.27. The van der Waals surface area contributed by atoms with Gasteiger partial charge in [0, 0.05) is 23.9 Å². The van der Waals surface area contributed by atoms with Crippen LogP contribution in [0.2, 0.25) is 0 Å². The molecule has 0 spiro atoms. The van der Waals surface area contributed by atoms with Gasteiger partial charge in [0.1, 0.15) is 5.69 Å². The summed E-state index contributed by atoms with van der Waals surface area (Å²) in [4.78, 5) is 4.87. The van der Waals surface area contributed by atoms with Crippen LogP contribution in [0, 0.1) is 0 Å². The molecule has 24 heavy (non-hydrogen) atoms. The first-order valence-corrected chi connectivity index (χ1v) is 8.67. The second kappa shape index (κ2) is 7.99. The van der Waals surface area contributed by atoms with Gasteiger partial charge in [0.2, 0.25) is 0 Å². The van der Waals surface area contributed by atoms with Crippen molar-refractivity contribution in [2.24, 2.45) is 17.3 Å². The molecule has 0 atom stereocenters. The van der Waals surface area contributed by atoms with E-state index in [0.29, 0.717) is 24.7 Å². The van der Waals surface area contributed by atoms with Gasteiger partial charge in [0.25, 0.3) is 0 Å². The van der Waals surface area contributed by atoms with Crippen molar-refractivity contribution in [3.05, 3.63) is 36.7 Å². The van der Waals surface area contributed by atoms with Crippen LogP contribution in [-0.2, 0) is 21.6 Å². The van der Waals surface area contributed by atoms with E-state index in [1.165, 1.54) is 0 Å². The molecule has 0 saturated carbocycles. The van der Waals surface area contributed by atoms with Crippen LogP contribution in [0.4, 0.5) is 17.3 Å². The third-order valence-electron chi connectivity index (χ3n) is 3.29. The Labute approximate surface area is 140 Å². The lowest BCUT2D eigenvalue weighted by atomic mass is 10.2. The maximum Gasteiger partial charge on any atom is 0.418 e. The summed E-state index contributed by atoms with van der Waals surface area (Å²) in [5.41, 5.74) is 1.58. The van der Waals surface area contributed by atoms with E-state index in [9.17, 15) is 8.42 Å². The Balaban J connectivity index is 1.99. The topological polar surface area (TPSA) is 111 Å². The van der Waals surface area contributed by atoms with E-state index in [-0.39, 0.29) is 6.61 Å². The summed E-state index contributed by atoms with van der Waals surface area (Å²) in [5, 5.41) is 8.26. The molecule has 0 aliphatic heterocycles. The Morgan fingerprint density at radius 1 is 1.29 bits per heavy atom. The average Bonchev–Trinajstić information content (AvgIpc) is 2.94. The molecule has 0 radical (unpaired) electrons. The third-order valence-corrected chi connectivity index (χ3v) is 3.76. The lowest BCUT2D eigenvalue weighted by Gasteiger charge is -2.22. The molecule has 0 unspecified atom stereocenters. The van der Waals surface area contributed by atoms with E-state index >= 15 is 0 Å². The number of aromatic nitrogens is 2. The number of nitrogens with zero attached hydrogens (tertiary/aromatic N) is 4. The molecule has 10 heteroatoms. The van der Waals surface area contributed by atoms with Crippen LogP contribution in [-0.4, -0.2) is 37.7 Å². The number of rotatable bonds is 8. The largest absolute Gasteiger partial charge is 0.418 e. The number of azo groups is 1. The van der Waals surface area contributed by atoms with Crippen LogP contribution in [0.3, 0.4) is 0 Å². The van der Waals surface area contributed by atoms with E-state index in [4.69, 9.17) is 4.55 Å². The van der Waals surface area contributed by atoms with E-state index < -0.39 is 10.4 Å². The molecule has 1 heterocycles. The van der Waals surface area contributed by atoms with Gasteiger partial charge in [-0.25, -0.2) is 13.7 Å². The molecule has 1 aromatic heterocycles. The number of likely N-dealkylation sites (N-methyl/N-ethyl adjacent to an activating group) is 1. The second-order valence-electron chi connectivity index (χ2n) is 4.94. The maximum atomic E-state index is 10.6. The van der Waals surface area contributed by atoms with Gasteiger partial charge in [-0.05, 0) is 31.2 Å². The summed E-state index contributed by atoms with van der Waals surface area (Å²) in [5.74, 6) is 0.636. The fourth-order valence-electron chi connectivity index (χ4n) is 2.05. The van der Waals surface area contributed by atoms with Crippen molar-refractivity contribution >= 4 is 27.7 Å². The Bertz CT molecular complexity index is 786. The molecule has 1 aromatic carbocycles. The lowest BCUT2D eigenvalue weighted by molar-refractivity contribution is -0.657. The predicted octanol–water partition coefficient (Wildman–Crippen LogP) is 1.90. The summed E-state index contributed by atoms with van der Waals surface area (Å²) >= 11 is 0. The average molecular weight is 354 g/mol. The van der Waals surface area contributed by atoms with E-state index in [0.717, 1.165) is 5.69 Å². The number of H-pyrrole nitrogens is 1. The monoisotopic (exact) mass is 354 g/mol. The summed E-state index contributed by atoms with van der Waals surface area (Å²) < 4.78 is 35.9. The second-order valence-corrected chi connectivity index (χ2v) is 6.03. The number of benzene rings is 1. The third kappa shape index (κ3) is 5.41. The molecular weight excluding hydrogens is 334 g/mol. The molecule has 9 nitrogen and oxygen atoms in total. The van der Waals surface area contributed by atoms with Gasteiger partial charge in [0.05, 0.1) is 26.0 Å². The summed E-state index contributed by atoms with van der Waals surface area (Å²) in [6, 6.07) is 7.35. The minimum absolute atomic E-state index is 0.128. The van der Waals surface area contributed by atoms with Crippen LogP contribution in [0.15, 0.2) is 46.9 Å². The highest BCUT2D eigenvalue weighted by atomic mass is 32.3. The summed E-state index contributed by atoms with van der Waals surface area (Å²) in [6.45, 7) is 2.80. The fourth-order valence-corrected chi connectivity index (χ4v) is 2.34. The number of hydrogen-bond acceptors (Lipinski definition) is 6. The van der Waals surface area contributed by atoms with Crippen LogP contribution in [0.25, 0.3) is 0 Å². The molecule has 2 aromatic rings. The van der Waals surface area contributed by atoms with Crippen molar-refractivity contribution in [2.75, 3.05) is 24.6 Å². The van der Waals surface area contributed by atoms with Crippen molar-refractivity contribution in [2.45, 2.75) is 6.92 Å².